The summed E-state index contributed by atoms with van der Waals surface area (Å²) in [6.45, 7) is 2.33. The van der Waals surface area contributed by atoms with Gasteiger partial charge in [0.25, 0.3) is 0 Å². The minimum atomic E-state index is -3.80. The standard InChI is InChI=1S/C27H22ClN5O3S2/c1-16-13-19(28)14-23-24(31-32-27(37)30-20-9-11-21(12-10-20)38(29,35)36)26(34)33(25(16)23)15-18-7-4-6-17-5-2-3-8-22(17)18/h2-14,34H,15H2,1H3,(H,30,37)(H2,29,35,36). The van der Waals surface area contributed by atoms with Crippen LogP contribution in [-0.2, 0) is 16.6 Å². The second-order valence-electron chi connectivity index (χ2n) is 8.72. The summed E-state index contributed by atoms with van der Waals surface area (Å²) in [5.74, 6) is -0.0673. The number of anilines is 1. The monoisotopic (exact) mass is 563 g/mol. The van der Waals surface area contributed by atoms with Gasteiger partial charge in [-0.15, -0.1) is 10.2 Å². The van der Waals surface area contributed by atoms with E-state index in [-0.39, 0.29) is 21.6 Å². The minimum absolute atomic E-state index is 0.0152. The Hall–Kier alpha value is -3.83. The average molecular weight is 564 g/mol. The quantitative estimate of drug-likeness (QED) is 0.163. The van der Waals surface area contributed by atoms with Crippen molar-refractivity contribution < 1.29 is 13.5 Å². The SMILES string of the molecule is Cc1cc(Cl)cc2c(N=NC(=S)Nc3ccc(S(N)(=O)=O)cc3)c(O)n(Cc3cccc4ccccc34)c12. The number of aryl methyl sites for hydroxylation is 1. The Bertz CT molecular complexity index is 1840. The van der Waals surface area contributed by atoms with Gasteiger partial charge >= 0.3 is 0 Å². The molecule has 11 heteroatoms. The highest BCUT2D eigenvalue weighted by molar-refractivity contribution is 7.89. The van der Waals surface area contributed by atoms with Gasteiger partial charge in [0.15, 0.2) is 5.69 Å². The van der Waals surface area contributed by atoms with E-state index in [1.807, 2.05) is 49.4 Å². The number of nitrogens with two attached hydrogens (primary N) is 1. The van der Waals surface area contributed by atoms with Gasteiger partial charge in [-0.1, -0.05) is 54.1 Å². The smallest absolute Gasteiger partial charge is 0.238 e. The highest BCUT2D eigenvalue weighted by Gasteiger charge is 2.20. The molecule has 0 atom stereocenters. The number of aromatic nitrogens is 1. The maximum Gasteiger partial charge on any atom is 0.238 e. The van der Waals surface area contributed by atoms with Gasteiger partial charge in [-0.25, -0.2) is 13.6 Å². The van der Waals surface area contributed by atoms with E-state index in [1.165, 1.54) is 24.3 Å². The first-order chi connectivity index (χ1) is 18.1. The van der Waals surface area contributed by atoms with Crippen LogP contribution >= 0.6 is 23.8 Å². The van der Waals surface area contributed by atoms with Crippen LogP contribution in [0.15, 0.2) is 94.0 Å². The predicted octanol–water partition coefficient (Wildman–Crippen LogP) is 6.64. The number of benzene rings is 4. The molecule has 0 bridgehead atoms. The number of nitrogens with zero attached hydrogens (tertiary/aromatic N) is 3. The van der Waals surface area contributed by atoms with Crippen LogP contribution in [0.25, 0.3) is 21.7 Å². The van der Waals surface area contributed by atoms with Gasteiger partial charge in [0.05, 0.1) is 17.0 Å². The summed E-state index contributed by atoms with van der Waals surface area (Å²) in [6, 6.07) is 23.5. The molecule has 0 saturated heterocycles. The Morgan fingerprint density at radius 3 is 2.50 bits per heavy atom. The number of hydrogen-bond acceptors (Lipinski definition) is 5. The molecule has 1 heterocycles. The summed E-state index contributed by atoms with van der Waals surface area (Å²) in [5.41, 5.74) is 3.43. The predicted molar refractivity (Wildman–Crippen MR) is 155 cm³/mol. The molecule has 0 unspecified atom stereocenters. The molecule has 5 rings (SSSR count). The summed E-state index contributed by atoms with van der Waals surface area (Å²) < 4.78 is 24.7. The van der Waals surface area contributed by atoms with Crippen LogP contribution in [0.2, 0.25) is 5.02 Å². The highest BCUT2D eigenvalue weighted by Crippen LogP contribution is 2.42. The normalized spacial score (nSPS) is 12.0. The number of nitrogens with one attached hydrogen (secondary N) is 1. The highest BCUT2D eigenvalue weighted by atomic mass is 35.5. The number of rotatable bonds is 5. The number of fused-ring (bicyclic) bond motifs is 2. The molecule has 4 aromatic carbocycles. The topological polar surface area (TPSA) is 122 Å². The molecule has 1 aromatic heterocycles. The zero-order valence-electron chi connectivity index (χ0n) is 20.1. The van der Waals surface area contributed by atoms with E-state index in [9.17, 15) is 13.5 Å². The third-order valence-corrected chi connectivity index (χ3v) is 7.47. The first-order valence-corrected chi connectivity index (χ1v) is 13.8. The minimum Gasteiger partial charge on any atom is -0.493 e. The van der Waals surface area contributed by atoms with Crippen molar-refractivity contribution >= 4 is 72.0 Å². The average Bonchev–Trinajstić information content (AvgIpc) is 3.13. The lowest BCUT2D eigenvalue weighted by atomic mass is 10.0. The molecule has 5 aromatic rings. The summed E-state index contributed by atoms with van der Waals surface area (Å²) in [6.07, 6.45) is 0. The third-order valence-electron chi connectivity index (χ3n) is 6.14. The molecular weight excluding hydrogens is 542 g/mol. The Balaban J connectivity index is 1.50. The van der Waals surface area contributed by atoms with Crippen LogP contribution in [0.5, 0.6) is 5.88 Å². The molecule has 8 nitrogen and oxygen atoms in total. The molecule has 0 saturated carbocycles. The fraction of sp³-hybridized carbons (Fsp3) is 0.0741. The van der Waals surface area contributed by atoms with Crippen LogP contribution < -0.4 is 10.5 Å². The summed E-state index contributed by atoms with van der Waals surface area (Å²) >= 11 is 11.7. The first kappa shape index (κ1) is 25.8. The zero-order valence-corrected chi connectivity index (χ0v) is 22.5. The van der Waals surface area contributed by atoms with Crippen molar-refractivity contribution in [3.63, 3.8) is 0 Å². The molecule has 192 valence electrons. The van der Waals surface area contributed by atoms with Gasteiger partial charge in [0.2, 0.25) is 21.0 Å². The Labute approximate surface area is 229 Å². The summed E-state index contributed by atoms with van der Waals surface area (Å²) in [7, 11) is -3.80. The molecule has 0 aliphatic carbocycles. The maximum atomic E-state index is 11.5. The van der Waals surface area contributed by atoms with Crippen LogP contribution in [0, 0.1) is 6.92 Å². The van der Waals surface area contributed by atoms with Crippen molar-refractivity contribution in [2.75, 3.05) is 5.32 Å². The summed E-state index contributed by atoms with van der Waals surface area (Å²) in [5, 5.41) is 31.0. The Kier molecular flexibility index (Phi) is 6.89. The van der Waals surface area contributed by atoms with E-state index >= 15 is 0 Å². The fourth-order valence-electron chi connectivity index (χ4n) is 4.45. The van der Waals surface area contributed by atoms with Crippen molar-refractivity contribution in [2.24, 2.45) is 15.4 Å². The number of primary sulfonamides is 1. The number of hydrogen-bond donors (Lipinski definition) is 3. The van der Waals surface area contributed by atoms with E-state index in [1.54, 1.807) is 10.6 Å². The van der Waals surface area contributed by atoms with Gasteiger partial charge in [-0.3, -0.25) is 0 Å². The molecule has 0 spiro atoms. The van der Waals surface area contributed by atoms with Crippen molar-refractivity contribution in [2.45, 2.75) is 18.4 Å². The fourth-order valence-corrected chi connectivity index (χ4v) is 5.40. The molecule has 0 radical (unpaired) electrons. The second-order valence-corrected chi connectivity index (χ2v) is 11.1. The molecule has 0 aliphatic heterocycles. The van der Waals surface area contributed by atoms with Crippen molar-refractivity contribution in [3.8, 4) is 5.88 Å². The number of aromatic hydroxyl groups is 1. The zero-order chi connectivity index (χ0) is 27.0. The van der Waals surface area contributed by atoms with Gasteiger partial charge in [-0.2, -0.15) is 0 Å². The number of azo groups is 1. The van der Waals surface area contributed by atoms with Crippen molar-refractivity contribution in [3.05, 3.63) is 95.0 Å². The Morgan fingerprint density at radius 2 is 1.76 bits per heavy atom. The van der Waals surface area contributed by atoms with E-state index in [0.717, 1.165) is 27.4 Å². The van der Waals surface area contributed by atoms with Gasteiger partial charge in [0.1, 0.15) is 0 Å². The number of halogens is 1. The van der Waals surface area contributed by atoms with E-state index < -0.39 is 10.0 Å². The van der Waals surface area contributed by atoms with Gasteiger partial charge < -0.3 is 15.0 Å². The molecular formula is C27H22ClN5O3S2. The van der Waals surface area contributed by atoms with Crippen LogP contribution in [0.1, 0.15) is 11.1 Å². The second kappa shape index (κ2) is 10.1. The van der Waals surface area contributed by atoms with Crippen molar-refractivity contribution in [1.29, 1.82) is 0 Å². The Morgan fingerprint density at radius 1 is 1.05 bits per heavy atom. The lowest BCUT2D eigenvalue weighted by Crippen LogP contribution is -2.12. The summed E-state index contributed by atoms with van der Waals surface area (Å²) in [4.78, 5) is -0.0215. The first-order valence-electron chi connectivity index (χ1n) is 11.5. The molecule has 38 heavy (non-hydrogen) atoms. The van der Waals surface area contributed by atoms with Gasteiger partial charge in [-0.05, 0) is 77.4 Å². The lowest BCUT2D eigenvalue weighted by molar-refractivity contribution is 0.430. The van der Waals surface area contributed by atoms with E-state index in [0.29, 0.717) is 22.6 Å². The van der Waals surface area contributed by atoms with Gasteiger partial charge in [0, 0.05) is 16.1 Å². The van der Waals surface area contributed by atoms with Crippen LogP contribution in [0.4, 0.5) is 11.4 Å². The maximum absolute atomic E-state index is 11.5. The number of sulfonamides is 1. The molecule has 0 aliphatic rings. The molecule has 0 fully saturated rings. The van der Waals surface area contributed by atoms with E-state index in [2.05, 4.69) is 21.6 Å². The molecule has 4 N–H and O–H groups in total. The van der Waals surface area contributed by atoms with E-state index in [4.69, 9.17) is 29.0 Å². The number of thiocarbonyl (C=S) groups is 1. The van der Waals surface area contributed by atoms with Crippen LogP contribution in [0.3, 0.4) is 0 Å². The third kappa shape index (κ3) is 5.11. The van der Waals surface area contributed by atoms with Crippen LogP contribution in [-0.4, -0.2) is 23.2 Å². The lowest BCUT2D eigenvalue weighted by Gasteiger charge is -2.11. The van der Waals surface area contributed by atoms with Crippen molar-refractivity contribution in [1.82, 2.24) is 4.57 Å². The largest absolute Gasteiger partial charge is 0.493 e. The molecule has 0 amide bonds.